The maximum Gasteiger partial charge on any atom is 0.121 e. The van der Waals surface area contributed by atoms with Crippen molar-refractivity contribution in [2.24, 2.45) is 0 Å². The first-order valence-electron chi connectivity index (χ1n) is 4.92. The molecule has 15 heavy (non-hydrogen) atoms. The first-order chi connectivity index (χ1) is 7.26. The molecular formula is C11H18N2O2. The Labute approximate surface area is 90.4 Å². The van der Waals surface area contributed by atoms with E-state index in [9.17, 15) is 0 Å². The molecule has 0 radical (unpaired) electrons. The minimum Gasteiger partial charge on any atom is -0.497 e. The fourth-order valence-electron chi connectivity index (χ4n) is 1.25. The minimum atomic E-state index is 0.559. The van der Waals surface area contributed by atoms with Gasteiger partial charge in [0.05, 0.1) is 20.3 Å². The Morgan fingerprint density at radius 1 is 1.33 bits per heavy atom. The van der Waals surface area contributed by atoms with E-state index in [0.29, 0.717) is 18.9 Å². The highest BCUT2D eigenvalue weighted by atomic mass is 16.5. The van der Waals surface area contributed by atoms with Crippen molar-refractivity contribution in [1.29, 1.82) is 0 Å². The molecule has 84 valence electrons. The first kappa shape index (κ1) is 11.8. The zero-order chi connectivity index (χ0) is 11.1. The molecule has 1 aromatic rings. The molecule has 0 fully saturated rings. The number of nitrogens with one attached hydrogen (secondary N) is 1. The van der Waals surface area contributed by atoms with Crippen molar-refractivity contribution >= 4 is 5.69 Å². The Morgan fingerprint density at radius 2 is 2.13 bits per heavy atom. The molecule has 0 unspecified atom stereocenters. The van der Waals surface area contributed by atoms with Gasteiger partial charge < -0.3 is 20.5 Å². The Bertz CT molecular complexity index is 303. The van der Waals surface area contributed by atoms with Crippen LogP contribution in [-0.4, -0.2) is 27.3 Å². The number of methoxy groups -OCH3 is 1. The molecule has 0 aliphatic heterocycles. The van der Waals surface area contributed by atoms with E-state index in [1.54, 1.807) is 13.2 Å². The number of hydrogen-bond donors (Lipinski definition) is 2. The molecule has 0 saturated carbocycles. The summed E-state index contributed by atoms with van der Waals surface area (Å²) in [7, 11) is 3.52. The van der Waals surface area contributed by atoms with Crippen molar-refractivity contribution in [3.05, 3.63) is 23.8 Å². The predicted molar refractivity (Wildman–Crippen MR) is 61.0 cm³/mol. The molecule has 0 bridgehead atoms. The van der Waals surface area contributed by atoms with E-state index in [1.165, 1.54) is 0 Å². The summed E-state index contributed by atoms with van der Waals surface area (Å²) >= 11 is 0. The Hall–Kier alpha value is -1.26. The summed E-state index contributed by atoms with van der Waals surface area (Å²) in [6.07, 6.45) is 0. The molecule has 1 rings (SSSR count). The second kappa shape index (κ2) is 6.27. The molecule has 0 spiro atoms. The molecule has 3 N–H and O–H groups in total. The lowest BCUT2D eigenvalue weighted by molar-refractivity contribution is 0.124. The highest BCUT2D eigenvalue weighted by Gasteiger charge is 1.99. The number of rotatable bonds is 6. The molecule has 0 heterocycles. The Kier molecular flexibility index (Phi) is 4.93. The van der Waals surface area contributed by atoms with Gasteiger partial charge in [0.2, 0.25) is 0 Å². The third kappa shape index (κ3) is 4.18. The van der Waals surface area contributed by atoms with Crippen LogP contribution in [0.15, 0.2) is 18.2 Å². The van der Waals surface area contributed by atoms with Crippen LogP contribution in [0, 0.1) is 0 Å². The van der Waals surface area contributed by atoms with E-state index >= 15 is 0 Å². The lowest BCUT2D eigenvalue weighted by Crippen LogP contribution is -2.14. The molecule has 0 atom stereocenters. The standard InChI is InChI=1S/C11H18N2O2/c1-13-3-4-15-8-9-5-10(12)7-11(6-9)14-2/h5-7,13H,3-4,8,12H2,1-2H3. The summed E-state index contributed by atoms with van der Waals surface area (Å²) in [6, 6.07) is 5.61. The maximum atomic E-state index is 5.72. The van der Waals surface area contributed by atoms with Gasteiger partial charge in [0.1, 0.15) is 5.75 Å². The highest BCUT2D eigenvalue weighted by Crippen LogP contribution is 2.18. The van der Waals surface area contributed by atoms with Crippen LogP contribution in [0.25, 0.3) is 0 Å². The van der Waals surface area contributed by atoms with Gasteiger partial charge in [0.25, 0.3) is 0 Å². The van der Waals surface area contributed by atoms with Gasteiger partial charge in [-0.25, -0.2) is 0 Å². The number of nitrogens with two attached hydrogens (primary N) is 1. The van der Waals surface area contributed by atoms with Gasteiger partial charge >= 0.3 is 0 Å². The third-order valence-corrected chi connectivity index (χ3v) is 1.99. The molecular weight excluding hydrogens is 192 g/mol. The van der Waals surface area contributed by atoms with Gasteiger partial charge in [-0.3, -0.25) is 0 Å². The molecule has 1 aromatic carbocycles. The van der Waals surface area contributed by atoms with Crippen LogP contribution >= 0.6 is 0 Å². The maximum absolute atomic E-state index is 5.72. The SMILES string of the molecule is CNCCOCc1cc(N)cc(OC)c1. The topological polar surface area (TPSA) is 56.5 Å². The fourth-order valence-corrected chi connectivity index (χ4v) is 1.25. The van der Waals surface area contributed by atoms with Gasteiger partial charge in [-0.2, -0.15) is 0 Å². The van der Waals surface area contributed by atoms with E-state index in [0.717, 1.165) is 17.9 Å². The second-order valence-electron chi connectivity index (χ2n) is 3.27. The number of anilines is 1. The van der Waals surface area contributed by atoms with E-state index in [-0.39, 0.29) is 0 Å². The molecule has 0 amide bonds. The molecule has 0 saturated heterocycles. The lowest BCUT2D eigenvalue weighted by Gasteiger charge is -2.07. The molecule has 0 aliphatic carbocycles. The average Bonchev–Trinajstić information content (AvgIpc) is 2.23. The fraction of sp³-hybridized carbons (Fsp3) is 0.455. The van der Waals surface area contributed by atoms with Gasteiger partial charge in [-0.05, 0) is 24.7 Å². The summed E-state index contributed by atoms with van der Waals surface area (Å²) in [5.41, 5.74) is 7.44. The molecule has 0 aliphatic rings. The van der Waals surface area contributed by atoms with Crippen molar-refractivity contribution < 1.29 is 9.47 Å². The van der Waals surface area contributed by atoms with E-state index in [1.807, 2.05) is 19.2 Å². The van der Waals surface area contributed by atoms with Crippen LogP contribution < -0.4 is 15.8 Å². The van der Waals surface area contributed by atoms with Crippen LogP contribution in [0.2, 0.25) is 0 Å². The first-order valence-corrected chi connectivity index (χ1v) is 4.92. The quantitative estimate of drug-likeness (QED) is 0.543. The van der Waals surface area contributed by atoms with E-state index < -0.39 is 0 Å². The summed E-state index contributed by atoms with van der Waals surface area (Å²) in [5, 5.41) is 3.01. The monoisotopic (exact) mass is 210 g/mol. The number of hydrogen-bond acceptors (Lipinski definition) is 4. The second-order valence-corrected chi connectivity index (χ2v) is 3.27. The summed E-state index contributed by atoms with van der Waals surface area (Å²) in [5.74, 6) is 0.766. The third-order valence-electron chi connectivity index (χ3n) is 1.99. The number of benzene rings is 1. The van der Waals surface area contributed by atoms with Gasteiger partial charge in [0, 0.05) is 18.3 Å². The van der Waals surface area contributed by atoms with Gasteiger partial charge in [-0.1, -0.05) is 0 Å². The van der Waals surface area contributed by atoms with Crippen molar-refractivity contribution in [2.75, 3.05) is 33.0 Å². The summed E-state index contributed by atoms with van der Waals surface area (Å²) in [6.45, 7) is 2.09. The van der Waals surface area contributed by atoms with Crippen molar-refractivity contribution in [3.63, 3.8) is 0 Å². The number of likely N-dealkylation sites (N-methyl/N-ethyl adjacent to an activating group) is 1. The summed E-state index contributed by atoms with van der Waals surface area (Å²) in [4.78, 5) is 0. The van der Waals surface area contributed by atoms with Crippen LogP contribution in [0.1, 0.15) is 5.56 Å². The number of nitrogen functional groups attached to an aromatic ring is 1. The van der Waals surface area contributed by atoms with Crippen LogP contribution in [0.3, 0.4) is 0 Å². The molecule has 4 nitrogen and oxygen atoms in total. The van der Waals surface area contributed by atoms with Crippen molar-refractivity contribution in [3.8, 4) is 5.75 Å². The minimum absolute atomic E-state index is 0.559. The lowest BCUT2D eigenvalue weighted by atomic mass is 10.2. The Morgan fingerprint density at radius 3 is 2.80 bits per heavy atom. The van der Waals surface area contributed by atoms with Crippen LogP contribution in [0.5, 0.6) is 5.75 Å². The largest absolute Gasteiger partial charge is 0.497 e. The number of ether oxygens (including phenoxy) is 2. The smallest absolute Gasteiger partial charge is 0.121 e. The van der Waals surface area contributed by atoms with E-state index in [4.69, 9.17) is 15.2 Å². The zero-order valence-corrected chi connectivity index (χ0v) is 9.25. The van der Waals surface area contributed by atoms with Crippen molar-refractivity contribution in [1.82, 2.24) is 5.32 Å². The van der Waals surface area contributed by atoms with Crippen LogP contribution in [0.4, 0.5) is 5.69 Å². The normalized spacial score (nSPS) is 10.3. The summed E-state index contributed by atoms with van der Waals surface area (Å²) < 4.78 is 10.6. The zero-order valence-electron chi connectivity index (χ0n) is 9.25. The average molecular weight is 210 g/mol. The predicted octanol–water partition coefficient (Wildman–Crippen LogP) is 1.01. The van der Waals surface area contributed by atoms with Crippen molar-refractivity contribution in [2.45, 2.75) is 6.61 Å². The molecule has 4 heteroatoms. The van der Waals surface area contributed by atoms with Crippen LogP contribution in [-0.2, 0) is 11.3 Å². The van der Waals surface area contributed by atoms with Gasteiger partial charge in [0.15, 0.2) is 0 Å². The van der Waals surface area contributed by atoms with Gasteiger partial charge in [-0.15, -0.1) is 0 Å². The Balaban J connectivity index is 2.49. The van der Waals surface area contributed by atoms with E-state index in [2.05, 4.69) is 5.32 Å². The molecule has 0 aromatic heterocycles. The highest BCUT2D eigenvalue weighted by molar-refractivity contribution is 5.47.